The van der Waals surface area contributed by atoms with Gasteiger partial charge in [0.05, 0.1) is 18.2 Å². The van der Waals surface area contributed by atoms with Crippen LogP contribution in [0.2, 0.25) is 5.02 Å². The summed E-state index contributed by atoms with van der Waals surface area (Å²) in [5.41, 5.74) is 1.04. The fourth-order valence-electron chi connectivity index (χ4n) is 2.48. The van der Waals surface area contributed by atoms with Crippen molar-refractivity contribution in [2.24, 2.45) is 0 Å². The zero-order chi connectivity index (χ0) is 13.8. The van der Waals surface area contributed by atoms with Crippen LogP contribution in [-0.2, 0) is 11.3 Å². The molecule has 1 N–H and O–H groups in total. The number of nitrogens with zero attached hydrogens (tertiary/aromatic N) is 1. The second kappa shape index (κ2) is 6.46. The first-order valence-corrected chi connectivity index (χ1v) is 6.82. The number of halogens is 1. The summed E-state index contributed by atoms with van der Waals surface area (Å²) in [6.45, 7) is 2.77. The summed E-state index contributed by atoms with van der Waals surface area (Å²) in [7, 11) is 3.28. The van der Waals surface area contributed by atoms with Gasteiger partial charge in [0, 0.05) is 20.2 Å². The zero-order valence-electron chi connectivity index (χ0n) is 11.4. The van der Waals surface area contributed by atoms with Crippen molar-refractivity contribution in [1.82, 2.24) is 4.90 Å². The van der Waals surface area contributed by atoms with Gasteiger partial charge in [-0.25, -0.2) is 0 Å². The molecule has 19 heavy (non-hydrogen) atoms. The topological polar surface area (TPSA) is 41.9 Å². The lowest BCUT2D eigenvalue weighted by atomic mass is 10.1. The Balaban J connectivity index is 2.08. The number of phenolic OH excluding ortho intramolecular Hbond substituents is 1. The molecule has 1 aromatic carbocycles. The maximum absolute atomic E-state index is 9.72. The SMILES string of the molecule is COc1cc(CN2CCCC(OC)C2)cc(Cl)c1O. The highest BCUT2D eigenvalue weighted by molar-refractivity contribution is 6.32. The molecule has 1 unspecified atom stereocenters. The fourth-order valence-corrected chi connectivity index (χ4v) is 2.71. The van der Waals surface area contributed by atoms with Crippen molar-refractivity contribution in [3.8, 4) is 11.5 Å². The van der Waals surface area contributed by atoms with Crippen molar-refractivity contribution in [1.29, 1.82) is 0 Å². The fraction of sp³-hybridized carbons (Fsp3) is 0.571. The van der Waals surface area contributed by atoms with E-state index in [0.717, 1.165) is 38.0 Å². The predicted octanol–water partition coefficient (Wildman–Crippen LogP) is 2.67. The van der Waals surface area contributed by atoms with Gasteiger partial charge >= 0.3 is 0 Å². The van der Waals surface area contributed by atoms with Crippen molar-refractivity contribution < 1.29 is 14.6 Å². The van der Waals surface area contributed by atoms with E-state index >= 15 is 0 Å². The van der Waals surface area contributed by atoms with Gasteiger partial charge < -0.3 is 14.6 Å². The van der Waals surface area contributed by atoms with E-state index in [2.05, 4.69) is 4.90 Å². The van der Waals surface area contributed by atoms with Gasteiger partial charge in [0.1, 0.15) is 0 Å². The molecule has 0 spiro atoms. The van der Waals surface area contributed by atoms with Crippen LogP contribution in [0.15, 0.2) is 12.1 Å². The van der Waals surface area contributed by atoms with E-state index in [1.165, 1.54) is 7.11 Å². The minimum atomic E-state index is 0.00123. The van der Waals surface area contributed by atoms with Crippen molar-refractivity contribution in [3.63, 3.8) is 0 Å². The van der Waals surface area contributed by atoms with Crippen LogP contribution in [0.1, 0.15) is 18.4 Å². The molecule has 0 aliphatic carbocycles. The molecule has 0 aromatic heterocycles. The Labute approximate surface area is 118 Å². The first kappa shape index (κ1) is 14.4. The van der Waals surface area contributed by atoms with E-state index in [1.807, 2.05) is 6.07 Å². The first-order valence-electron chi connectivity index (χ1n) is 6.44. The van der Waals surface area contributed by atoms with Gasteiger partial charge in [-0.1, -0.05) is 11.6 Å². The van der Waals surface area contributed by atoms with Crippen LogP contribution in [0.4, 0.5) is 0 Å². The molecule has 5 heteroatoms. The minimum Gasteiger partial charge on any atom is -0.503 e. The normalized spacial score (nSPS) is 20.5. The second-order valence-electron chi connectivity index (χ2n) is 4.86. The second-order valence-corrected chi connectivity index (χ2v) is 5.27. The summed E-state index contributed by atoms with van der Waals surface area (Å²) in [5, 5.41) is 10.0. The molecule has 1 aromatic rings. The Morgan fingerprint density at radius 2 is 2.21 bits per heavy atom. The molecule has 1 atom stereocenters. The third-order valence-corrected chi connectivity index (χ3v) is 3.80. The van der Waals surface area contributed by atoms with Crippen LogP contribution < -0.4 is 4.74 Å². The number of hydrogen-bond donors (Lipinski definition) is 1. The number of ether oxygens (including phenoxy) is 2. The smallest absolute Gasteiger partial charge is 0.176 e. The van der Waals surface area contributed by atoms with Gasteiger partial charge in [-0.3, -0.25) is 4.90 Å². The molecule has 1 saturated heterocycles. The summed E-state index contributed by atoms with van der Waals surface area (Å²) in [6, 6.07) is 3.62. The predicted molar refractivity (Wildman–Crippen MR) is 75.0 cm³/mol. The van der Waals surface area contributed by atoms with Crippen molar-refractivity contribution in [2.45, 2.75) is 25.5 Å². The quantitative estimate of drug-likeness (QED) is 0.923. The van der Waals surface area contributed by atoms with Crippen LogP contribution in [0.5, 0.6) is 11.5 Å². The van der Waals surface area contributed by atoms with Gasteiger partial charge in [-0.2, -0.15) is 0 Å². The Morgan fingerprint density at radius 3 is 2.89 bits per heavy atom. The van der Waals surface area contributed by atoms with E-state index in [1.54, 1.807) is 13.2 Å². The van der Waals surface area contributed by atoms with E-state index in [0.29, 0.717) is 16.9 Å². The number of likely N-dealkylation sites (tertiary alicyclic amines) is 1. The summed E-state index contributed by atoms with van der Waals surface area (Å²) < 4.78 is 10.5. The molecular formula is C14H20ClNO3. The lowest BCUT2D eigenvalue weighted by Gasteiger charge is -2.32. The maximum atomic E-state index is 9.72. The molecule has 1 fully saturated rings. The third kappa shape index (κ3) is 3.53. The highest BCUT2D eigenvalue weighted by atomic mass is 35.5. The highest BCUT2D eigenvalue weighted by Gasteiger charge is 2.20. The average Bonchev–Trinajstić information content (AvgIpc) is 2.43. The molecule has 0 saturated carbocycles. The standard InChI is InChI=1S/C14H20ClNO3/c1-18-11-4-3-5-16(9-11)8-10-6-12(15)14(17)13(7-10)19-2/h6-7,11,17H,3-5,8-9H2,1-2H3. The van der Waals surface area contributed by atoms with Crippen LogP contribution in [-0.4, -0.2) is 43.4 Å². The van der Waals surface area contributed by atoms with E-state index in [4.69, 9.17) is 21.1 Å². The van der Waals surface area contributed by atoms with Gasteiger partial charge in [0.25, 0.3) is 0 Å². The number of hydrogen-bond acceptors (Lipinski definition) is 4. The van der Waals surface area contributed by atoms with Crippen LogP contribution in [0, 0.1) is 0 Å². The number of methoxy groups -OCH3 is 2. The lowest BCUT2D eigenvalue weighted by molar-refractivity contribution is 0.0285. The first-order chi connectivity index (χ1) is 9.13. The number of piperidine rings is 1. The molecule has 0 radical (unpaired) electrons. The van der Waals surface area contributed by atoms with E-state index < -0.39 is 0 Å². The minimum absolute atomic E-state index is 0.00123. The lowest BCUT2D eigenvalue weighted by Crippen LogP contribution is -2.38. The van der Waals surface area contributed by atoms with Crippen LogP contribution >= 0.6 is 11.6 Å². The largest absolute Gasteiger partial charge is 0.503 e. The van der Waals surface area contributed by atoms with Gasteiger partial charge in [0.2, 0.25) is 0 Å². The van der Waals surface area contributed by atoms with Crippen LogP contribution in [0.25, 0.3) is 0 Å². The molecule has 0 amide bonds. The monoisotopic (exact) mass is 285 g/mol. The number of phenols is 1. The third-order valence-electron chi connectivity index (χ3n) is 3.51. The zero-order valence-corrected chi connectivity index (χ0v) is 12.1. The molecule has 1 aliphatic rings. The van der Waals surface area contributed by atoms with Crippen LogP contribution in [0.3, 0.4) is 0 Å². The Hall–Kier alpha value is -0.970. The Morgan fingerprint density at radius 1 is 1.42 bits per heavy atom. The highest BCUT2D eigenvalue weighted by Crippen LogP contribution is 2.35. The summed E-state index contributed by atoms with van der Waals surface area (Å²) in [4.78, 5) is 2.33. The van der Waals surface area contributed by atoms with Crippen molar-refractivity contribution in [2.75, 3.05) is 27.3 Å². The van der Waals surface area contributed by atoms with E-state index in [-0.39, 0.29) is 5.75 Å². The summed E-state index contributed by atoms with van der Waals surface area (Å²) in [6.07, 6.45) is 2.57. The van der Waals surface area contributed by atoms with Gasteiger partial charge in [-0.15, -0.1) is 0 Å². The molecule has 0 bridgehead atoms. The number of benzene rings is 1. The molecule has 4 nitrogen and oxygen atoms in total. The van der Waals surface area contributed by atoms with E-state index in [9.17, 15) is 5.11 Å². The molecule has 2 rings (SSSR count). The molecule has 1 aliphatic heterocycles. The number of rotatable bonds is 4. The van der Waals surface area contributed by atoms with Gasteiger partial charge in [0.15, 0.2) is 11.5 Å². The molecule has 106 valence electrons. The summed E-state index contributed by atoms with van der Waals surface area (Å²) >= 11 is 6.00. The Kier molecular flexibility index (Phi) is 4.91. The number of aromatic hydroxyl groups is 1. The van der Waals surface area contributed by atoms with Gasteiger partial charge in [-0.05, 0) is 37.1 Å². The van der Waals surface area contributed by atoms with Crippen molar-refractivity contribution in [3.05, 3.63) is 22.7 Å². The Bertz CT molecular complexity index is 439. The summed E-state index contributed by atoms with van der Waals surface area (Å²) in [5.74, 6) is 0.420. The van der Waals surface area contributed by atoms with Crippen molar-refractivity contribution >= 4 is 11.6 Å². The molecule has 1 heterocycles. The molecular weight excluding hydrogens is 266 g/mol. The average molecular weight is 286 g/mol. The maximum Gasteiger partial charge on any atom is 0.176 e.